The smallest absolute Gasteiger partial charge is 0.294 e. The van der Waals surface area contributed by atoms with Crippen LogP contribution in [0, 0.1) is 0 Å². The van der Waals surface area contributed by atoms with Crippen molar-refractivity contribution in [1.29, 1.82) is 0 Å². The minimum Gasteiger partial charge on any atom is -0.378 e. The Labute approximate surface area is 167 Å². The summed E-state index contributed by atoms with van der Waals surface area (Å²) in [6.07, 6.45) is 1.76. The number of anilines is 1. The molecule has 0 unspecified atom stereocenters. The topological polar surface area (TPSA) is 70.1 Å². The number of amidine groups is 1. The maximum Gasteiger partial charge on any atom is 0.294 e. The van der Waals surface area contributed by atoms with Crippen molar-refractivity contribution in [3.05, 3.63) is 52.2 Å². The molecule has 0 atom stereocenters. The third-order valence-corrected chi connectivity index (χ3v) is 7.62. The van der Waals surface area contributed by atoms with Crippen molar-refractivity contribution >= 4 is 56.0 Å². The number of benzene rings is 1. The molecule has 27 heavy (non-hydrogen) atoms. The van der Waals surface area contributed by atoms with Crippen molar-refractivity contribution in [2.24, 2.45) is 4.40 Å². The lowest BCUT2D eigenvalue weighted by Crippen LogP contribution is -2.29. The van der Waals surface area contributed by atoms with Crippen LogP contribution < -0.4 is 4.90 Å². The maximum atomic E-state index is 12.7. The summed E-state index contributed by atoms with van der Waals surface area (Å²) in [5, 5.41) is 1.87. The van der Waals surface area contributed by atoms with Gasteiger partial charge in [-0.2, -0.15) is 8.42 Å². The molecule has 1 saturated heterocycles. The van der Waals surface area contributed by atoms with E-state index in [1.54, 1.807) is 24.4 Å². The molecule has 1 aromatic carbocycles. The Hall–Kier alpha value is -2.10. The largest absolute Gasteiger partial charge is 0.378 e. The quantitative estimate of drug-likeness (QED) is 0.691. The van der Waals surface area contributed by atoms with E-state index in [-0.39, 0.29) is 15.3 Å². The maximum absolute atomic E-state index is 12.7. The van der Waals surface area contributed by atoms with Crippen LogP contribution >= 0.6 is 23.1 Å². The highest BCUT2D eigenvalue weighted by atomic mass is 32.2. The van der Waals surface area contributed by atoms with Gasteiger partial charge in [0.1, 0.15) is 4.21 Å². The molecule has 3 rings (SSSR count). The highest BCUT2D eigenvalue weighted by Crippen LogP contribution is 2.34. The van der Waals surface area contributed by atoms with Crippen LogP contribution in [0.15, 0.2) is 55.3 Å². The summed E-state index contributed by atoms with van der Waals surface area (Å²) >= 11 is 2.19. The summed E-state index contributed by atoms with van der Waals surface area (Å²) in [6.45, 7) is 2.14. The first kappa shape index (κ1) is 19.7. The second-order valence-corrected chi connectivity index (χ2v) is 9.71. The van der Waals surface area contributed by atoms with Crippen LogP contribution in [0.25, 0.3) is 6.08 Å². The van der Waals surface area contributed by atoms with Crippen LogP contribution in [-0.4, -0.2) is 45.0 Å². The van der Waals surface area contributed by atoms with Crippen molar-refractivity contribution < 1.29 is 13.2 Å². The number of thioether (sulfide) groups is 1. The Kier molecular flexibility index (Phi) is 5.73. The van der Waals surface area contributed by atoms with E-state index in [0.29, 0.717) is 11.4 Å². The van der Waals surface area contributed by atoms with E-state index >= 15 is 0 Å². The van der Waals surface area contributed by atoms with Gasteiger partial charge in [0.25, 0.3) is 15.9 Å². The Bertz CT molecular complexity index is 992. The number of carbonyl (C=O) groups is 1. The summed E-state index contributed by atoms with van der Waals surface area (Å²) in [7, 11) is 0.0969. The van der Waals surface area contributed by atoms with Gasteiger partial charge in [0, 0.05) is 26.3 Å². The third kappa shape index (κ3) is 4.26. The molecule has 0 radical (unpaired) electrons. The molecule has 2 aromatic rings. The first-order chi connectivity index (χ1) is 12.8. The number of amides is 1. The van der Waals surface area contributed by atoms with Gasteiger partial charge < -0.3 is 4.90 Å². The van der Waals surface area contributed by atoms with E-state index in [9.17, 15) is 13.2 Å². The van der Waals surface area contributed by atoms with E-state index < -0.39 is 10.0 Å². The zero-order chi connectivity index (χ0) is 19.6. The van der Waals surface area contributed by atoms with Gasteiger partial charge in [-0.25, -0.2) is 0 Å². The van der Waals surface area contributed by atoms with E-state index in [4.69, 9.17) is 0 Å². The molecule has 1 fully saturated rings. The Morgan fingerprint density at radius 2 is 1.89 bits per heavy atom. The normalized spacial score (nSPS) is 17.9. The summed E-state index contributed by atoms with van der Waals surface area (Å²) in [5.41, 5.74) is 1.93. The number of rotatable bonds is 5. The molecule has 1 amide bonds. The average molecular weight is 422 g/mol. The molecule has 0 saturated carbocycles. The lowest BCUT2D eigenvalue weighted by Gasteiger charge is -2.12. The standard InChI is InChI=1S/C18H19N3O3S3/c1-4-21-17(22)15(12-13-7-9-14(10-8-13)20(2)3)26-18(21)19-27(23,24)16-6-5-11-25-16/h5-12H,4H2,1-3H3/b15-12+,19-18?. The number of likely N-dealkylation sites (N-methyl/N-ethyl adjacent to an activating group) is 1. The van der Waals surface area contributed by atoms with E-state index in [1.807, 2.05) is 43.3 Å². The molecule has 0 spiro atoms. The molecule has 0 N–H and O–H groups in total. The second kappa shape index (κ2) is 7.87. The molecule has 1 aliphatic rings. The highest BCUT2D eigenvalue weighted by molar-refractivity contribution is 8.19. The monoisotopic (exact) mass is 421 g/mol. The summed E-state index contributed by atoms with van der Waals surface area (Å²) < 4.78 is 28.9. The van der Waals surface area contributed by atoms with Gasteiger partial charge in [-0.15, -0.1) is 15.7 Å². The van der Waals surface area contributed by atoms with Gasteiger partial charge >= 0.3 is 0 Å². The highest BCUT2D eigenvalue weighted by Gasteiger charge is 2.34. The van der Waals surface area contributed by atoms with Crippen LogP contribution in [0.3, 0.4) is 0 Å². The van der Waals surface area contributed by atoms with Gasteiger partial charge in [0.15, 0.2) is 5.17 Å². The van der Waals surface area contributed by atoms with Crippen molar-refractivity contribution in [1.82, 2.24) is 4.90 Å². The summed E-state index contributed by atoms with van der Waals surface area (Å²) in [5.74, 6) is -0.237. The van der Waals surface area contributed by atoms with Crippen LogP contribution in [0.1, 0.15) is 12.5 Å². The molecule has 1 aromatic heterocycles. The SMILES string of the molecule is CCN1C(=O)/C(=C\c2ccc(N(C)C)cc2)SC1=NS(=O)(=O)c1cccs1. The molecule has 1 aliphatic heterocycles. The molecular formula is C18H19N3O3S3. The van der Waals surface area contributed by atoms with Gasteiger partial charge in [0.2, 0.25) is 0 Å². The van der Waals surface area contributed by atoms with Crippen molar-refractivity contribution in [2.45, 2.75) is 11.1 Å². The van der Waals surface area contributed by atoms with Gasteiger partial charge in [-0.1, -0.05) is 18.2 Å². The number of hydrogen-bond acceptors (Lipinski definition) is 6. The van der Waals surface area contributed by atoms with E-state index in [1.165, 1.54) is 11.0 Å². The van der Waals surface area contributed by atoms with Gasteiger partial charge in [-0.05, 0) is 53.9 Å². The first-order valence-electron chi connectivity index (χ1n) is 8.19. The predicted molar refractivity (Wildman–Crippen MR) is 113 cm³/mol. The fraction of sp³-hybridized carbons (Fsp3) is 0.222. The lowest BCUT2D eigenvalue weighted by molar-refractivity contribution is -0.122. The minimum absolute atomic E-state index is 0.163. The lowest BCUT2D eigenvalue weighted by atomic mass is 10.2. The summed E-state index contributed by atoms with van der Waals surface area (Å²) in [6, 6.07) is 10.9. The minimum atomic E-state index is -3.82. The Morgan fingerprint density at radius 1 is 1.19 bits per heavy atom. The molecular weight excluding hydrogens is 402 g/mol. The van der Waals surface area contributed by atoms with E-state index in [0.717, 1.165) is 34.3 Å². The fourth-order valence-electron chi connectivity index (χ4n) is 2.43. The number of thiophene rings is 1. The Balaban J connectivity index is 1.91. The van der Waals surface area contributed by atoms with E-state index in [2.05, 4.69) is 4.40 Å². The van der Waals surface area contributed by atoms with Crippen molar-refractivity contribution in [3.63, 3.8) is 0 Å². The molecule has 142 valence electrons. The predicted octanol–water partition coefficient (Wildman–Crippen LogP) is 3.50. The average Bonchev–Trinajstić information content (AvgIpc) is 3.25. The first-order valence-corrected chi connectivity index (χ1v) is 11.3. The third-order valence-electron chi connectivity index (χ3n) is 3.86. The molecule has 2 heterocycles. The number of carbonyl (C=O) groups excluding carboxylic acids is 1. The second-order valence-electron chi connectivity index (χ2n) is 5.93. The zero-order valence-corrected chi connectivity index (χ0v) is 17.6. The zero-order valence-electron chi connectivity index (χ0n) is 15.1. The van der Waals surface area contributed by atoms with Crippen LogP contribution in [0.5, 0.6) is 0 Å². The van der Waals surface area contributed by atoms with Crippen molar-refractivity contribution in [2.75, 3.05) is 25.5 Å². The molecule has 0 bridgehead atoms. The molecule has 0 aliphatic carbocycles. The van der Waals surface area contributed by atoms with Crippen LogP contribution in [0.4, 0.5) is 5.69 Å². The van der Waals surface area contributed by atoms with Crippen molar-refractivity contribution in [3.8, 4) is 0 Å². The van der Waals surface area contributed by atoms with Gasteiger partial charge in [-0.3, -0.25) is 9.69 Å². The number of hydrogen-bond donors (Lipinski definition) is 0. The fourth-order valence-corrected chi connectivity index (χ4v) is 5.65. The Morgan fingerprint density at radius 3 is 2.44 bits per heavy atom. The summed E-state index contributed by atoms with van der Waals surface area (Å²) in [4.78, 5) is 16.5. The number of nitrogens with zero attached hydrogens (tertiary/aromatic N) is 3. The van der Waals surface area contributed by atoms with Crippen LogP contribution in [0.2, 0.25) is 0 Å². The molecule has 9 heteroatoms. The number of sulfonamides is 1. The van der Waals surface area contributed by atoms with Gasteiger partial charge in [0.05, 0.1) is 4.91 Å². The van der Waals surface area contributed by atoms with Crippen LogP contribution in [-0.2, 0) is 14.8 Å². The molecule has 6 nitrogen and oxygen atoms in total.